The predicted octanol–water partition coefficient (Wildman–Crippen LogP) is 2.27. The maximum atomic E-state index is 11.9. The zero-order valence-corrected chi connectivity index (χ0v) is 11.9. The van der Waals surface area contributed by atoms with Gasteiger partial charge in [-0.05, 0) is 18.6 Å². The average Bonchev–Trinajstić information content (AvgIpc) is 2.51. The maximum absolute atomic E-state index is 11.9. The summed E-state index contributed by atoms with van der Waals surface area (Å²) in [6.45, 7) is 1.97. The molecule has 0 amide bonds. The van der Waals surface area contributed by atoms with Crippen LogP contribution in [0.2, 0.25) is 0 Å². The third-order valence-electron chi connectivity index (χ3n) is 2.27. The molecule has 0 saturated carbocycles. The van der Waals surface area contributed by atoms with Crippen molar-refractivity contribution in [2.45, 2.75) is 13.3 Å². The summed E-state index contributed by atoms with van der Waals surface area (Å²) in [5, 5.41) is 4.07. The minimum atomic E-state index is -1.11. The molecule has 0 spiro atoms. The van der Waals surface area contributed by atoms with E-state index in [0.29, 0.717) is 6.42 Å². The van der Waals surface area contributed by atoms with Crippen LogP contribution >= 0.6 is 0 Å². The molecule has 8 heteroatoms. The van der Waals surface area contributed by atoms with E-state index in [9.17, 15) is 9.59 Å². The molecule has 1 rings (SSSR count). The Hall–Kier alpha value is -2.48. The highest BCUT2D eigenvalue weighted by molar-refractivity contribution is 5.95. The third-order valence-corrected chi connectivity index (χ3v) is 2.27. The SMILES string of the molecule is CCCOC(=O)OOOC(=O)c1c(OC)cccc1OC. The minimum absolute atomic E-state index is 0.00646. The highest BCUT2D eigenvalue weighted by Gasteiger charge is 2.21. The van der Waals surface area contributed by atoms with Crippen LogP contribution in [-0.2, 0) is 19.6 Å². The smallest absolute Gasteiger partial charge is 0.496 e. The molecule has 0 heterocycles. The topological polar surface area (TPSA) is 89.5 Å². The predicted molar refractivity (Wildman–Crippen MR) is 68.8 cm³/mol. The highest BCUT2D eigenvalue weighted by atomic mass is 17.5. The number of ether oxygens (including phenoxy) is 3. The van der Waals surface area contributed by atoms with Gasteiger partial charge in [0.25, 0.3) is 0 Å². The lowest BCUT2D eigenvalue weighted by molar-refractivity contribution is -0.452. The molecule has 0 aliphatic carbocycles. The Labute approximate surface area is 121 Å². The molecule has 8 nitrogen and oxygen atoms in total. The van der Waals surface area contributed by atoms with Crippen LogP contribution in [0, 0.1) is 0 Å². The van der Waals surface area contributed by atoms with E-state index in [0.717, 1.165) is 0 Å². The van der Waals surface area contributed by atoms with Gasteiger partial charge in [-0.1, -0.05) is 13.0 Å². The molecular weight excluding hydrogens is 284 g/mol. The van der Waals surface area contributed by atoms with Crippen LogP contribution in [0.3, 0.4) is 0 Å². The van der Waals surface area contributed by atoms with Crippen molar-refractivity contribution in [2.75, 3.05) is 20.8 Å². The van der Waals surface area contributed by atoms with E-state index < -0.39 is 12.1 Å². The Morgan fingerprint density at radius 1 is 1.05 bits per heavy atom. The van der Waals surface area contributed by atoms with Gasteiger partial charge in [0.15, 0.2) is 0 Å². The van der Waals surface area contributed by atoms with Crippen LogP contribution < -0.4 is 9.47 Å². The summed E-state index contributed by atoms with van der Waals surface area (Å²) < 4.78 is 14.6. The fraction of sp³-hybridized carbons (Fsp3) is 0.385. The van der Waals surface area contributed by atoms with Gasteiger partial charge in [0.05, 0.1) is 25.9 Å². The summed E-state index contributed by atoms with van der Waals surface area (Å²) in [4.78, 5) is 31.3. The maximum Gasteiger partial charge on any atom is 0.543 e. The van der Waals surface area contributed by atoms with E-state index in [2.05, 4.69) is 19.6 Å². The first-order chi connectivity index (χ1) is 10.1. The summed E-state index contributed by atoms with van der Waals surface area (Å²) >= 11 is 0. The van der Waals surface area contributed by atoms with Gasteiger partial charge in [-0.25, -0.2) is 14.5 Å². The third kappa shape index (κ3) is 4.84. The molecule has 0 aliphatic rings. The molecule has 0 atom stereocenters. The zero-order valence-electron chi connectivity index (χ0n) is 11.9. The molecule has 0 bridgehead atoms. The number of benzene rings is 1. The molecule has 1 aromatic rings. The van der Waals surface area contributed by atoms with Crippen molar-refractivity contribution in [3.05, 3.63) is 23.8 Å². The van der Waals surface area contributed by atoms with Crippen LogP contribution in [0.4, 0.5) is 4.79 Å². The number of methoxy groups -OCH3 is 2. The Morgan fingerprint density at radius 3 is 2.19 bits per heavy atom. The summed E-state index contributed by atoms with van der Waals surface area (Å²) in [6, 6.07) is 4.71. The van der Waals surface area contributed by atoms with Gasteiger partial charge in [0, 0.05) is 0 Å². The molecule has 0 fully saturated rings. The number of carbonyl (C=O) groups excluding carboxylic acids is 2. The van der Waals surface area contributed by atoms with Crippen molar-refractivity contribution in [3.8, 4) is 11.5 Å². The molecular formula is C13H16O8. The normalized spacial score (nSPS) is 9.67. The van der Waals surface area contributed by atoms with Crippen molar-refractivity contribution in [1.29, 1.82) is 0 Å². The first-order valence-corrected chi connectivity index (χ1v) is 6.07. The van der Waals surface area contributed by atoms with E-state index >= 15 is 0 Å². The minimum Gasteiger partial charge on any atom is -0.496 e. The van der Waals surface area contributed by atoms with E-state index in [1.54, 1.807) is 6.07 Å². The van der Waals surface area contributed by atoms with Gasteiger partial charge in [-0.15, -0.1) is 0 Å². The van der Waals surface area contributed by atoms with Gasteiger partial charge >= 0.3 is 12.1 Å². The number of hydrogen-bond acceptors (Lipinski definition) is 8. The van der Waals surface area contributed by atoms with Gasteiger partial charge < -0.3 is 14.2 Å². The lowest BCUT2D eigenvalue weighted by Crippen LogP contribution is -2.13. The average molecular weight is 300 g/mol. The van der Waals surface area contributed by atoms with Gasteiger partial charge in [0.2, 0.25) is 0 Å². The molecule has 0 aliphatic heterocycles. The van der Waals surface area contributed by atoms with Crippen LogP contribution in [0.1, 0.15) is 23.7 Å². The van der Waals surface area contributed by atoms with Crippen LogP contribution in [0.25, 0.3) is 0 Å². The second kappa shape index (κ2) is 8.64. The number of carbonyl (C=O) groups is 2. The molecule has 1 aromatic carbocycles. The Bertz CT molecular complexity index is 463. The summed E-state index contributed by atoms with van der Waals surface area (Å²) in [7, 11) is 2.76. The summed E-state index contributed by atoms with van der Waals surface area (Å²) in [5.41, 5.74) is -0.00646. The standard InChI is InChI=1S/C13H16O8/c1-4-8-18-13(15)20-21-19-12(14)11-9(16-2)6-5-7-10(11)17-3/h5-7H,4,8H2,1-3H3. The van der Waals surface area contributed by atoms with Crippen molar-refractivity contribution < 1.29 is 38.6 Å². The van der Waals surface area contributed by atoms with Crippen LogP contribution in [-0.4, -0.2) is 33.0 Å². The second-order valence-corrected chi connectivity index (χ2v) is 3.66. The Kier molecular flexibility index (Phi) is 6.82. The lowest BCUT2D eigenvalue weighted by Gasteiger charge is -2.10. The lowest BCUT2D eigenvalue weighted by atomic mass is 10.2. The first-order valence-electron chi connectivity index (χ1n) is 6.07. The van der Waals surface area contributed by atoms with E-state index in [1.165, 1.54) is 26.4 Å². The van der Waals surface area contributed by atoms with Gasteiger partial charge in [0.1, 0.15) is 17.1 Å². The summed E-state index contributed by atoms with van der Waals surface area (Å²) in [5.74, 6) is -0.513. The highest BCUT2D eigenvalue weighted by Crippen LogP contribution is 2.28. The fourth-order valence-corrected chi connectivity index (χ4v) is 1.38. The fourth-order valence-electron chi connectivity index (χ4n) is 1.38. The van der Waals surface area contributed by atoms with E-state index in [1.807, 2.05) is 6.92 Å². The molecule has 0 radical (unpaired) electrons. The monoisotopic (exact) mass is 300 g/mol. The zero-order chi connectivity index (χ0) is 15.7. The van der Waals surface area contributed by atoms with Crippen molar-refractivity contribution in [1.82, 2.24) is 0 Å². The quantitative estimate of drug-likeness (QED) is 0.430. The first kappa shape index (κ1) is 16.6. The van der Waals surface area contributed by atoms with Crippen molar-refractivity contribution >= 4 is 12.1 Å². The molecule has 116 valence electrons. The largest absolute Gasteiger partial charge is 0.543 e. The van der Waals surface area contributed by atoms with Crippen molar-refractivity contribution in [2.24, 2.45) is 0 Å². The Balaban J connectivity index is 2.62. The van der Waals surface area contributed by atoms with E-state index in [-0.39, 0.29) is 23.7 Å². The van der Waals surface area contributed by atoms with Crippen LogP contribution in [0.5, 0.6) is 11.5 Å². The molecule has 0 saturated heterocycles. The van der Waals surface area contributed by atoms with Crippen molar-refractivity contribution in [3.63, 3.8) is 0 Å². The molecule has 0 unspecified atom stereocenters. The van der Waals surface area contributed by atoms with Gasteiger partial charge in [-0.2, -0.15) is 0 Å². The van der Waals surface area contributed by atoms with E-state index in [4.69, 9.17) is 9.47 Å². The molecule has 21 heavy (non-hydrogen) atoms. The summed E-state index contributed by atoms with van der Waals surface area (Å²) in [6.07, 6.45) is -0.496. The Morgan fingerprint density at radius 2 is 1.67 bits per heavy atom. The molecule has 0 N–H and O–H groups in total. The second-order valence-electron chi connectivity index (χ2n) is 3.66. The van der Waals surface area contributed by atoms with Crippen LogP contribution in [0.15, 0.2) is 18.2 Å². The van der Waals surface area contributed by atoms with Gasteiger partial charge in [-0.3, -0.25) is 4.89 Å². The molecule has 0 aromatic heterocycles. The number of rotatable bonds is 7. The number of hydrogen-bond donors (Lipinski definition) is 0.